The van der Waals surface area contributed by atoms with Gasteiger partial charge in [0.15, 0.2) is 10.3 Å². The van der Waals surface area contributed by atoms with Crippen LogP contribution in [0.15, 0.2) is 82.8 Å². The number of nitrogens with zero attached hydrogens (tertiary/aromatic N) is 2. The molecule has 0 aliphatic heterocycles. The molecule has 0 saturated heterocycles. The van der Waals surface area contributed by atoms with Crippen LogP contribution in [0.5, 0.6) is 0 Å². The lowest BCUT2D eigenvalue weighted by molar-refractivity contribution is -0.133. The summed E-state index contributed by atoms with van der Waals surface area (Å²) in [6, 6.07) is 23.4. The monoisotopic (exact) mass is 628 g/mol. The second kappa shape index (κ2) is 15.5. The maximum absolute atomic E-state index is 12.1. The Kier molecular flexibility index (Phi) is 12.0. The number of hydrogen-bond donors (Lipinski definition) is 2. The Labute approximate surface area is 270 Å². The maximum Gasteiger partial charge on any atom is 0.314 e. The van der Waals surface area contributed by atoms with E-state index < -0.39 is 11.8 Å². The maximum atomic E-state index is 12.1. The van der Waals surface area contributed by atoms with E-state index in [2.05, 4.69) is 20.6 Å². The zero-order valence-corrected chi connectivity index (χ0v) is 27.9. The van der Waals surface area contributed by atoms with Crippen LogP contribution in [0.4, 0.5) is 22.7 Å². The Balaban J connectivity index is 0.000000240. The molecule has 0 bridgehead atoms. The molecule has 228 valence electrons. The van der Waals surface area contributed by atoms with Crippen molar-refractivity contribution in [3.8, 4) is 0 Å². The first-order chi connectivity index (χ1) is 20.8. The van der Waals surface area contributed by atoms with Crippen LogP contribution in [0.2, 0.25) is 0 Å². The third-order valence-corrected chi connectivity index (χ3v) is 7.74. The SMILES string of the molecule is Cc1cccc(C)c1N=C(Cl)C(Cl)=Nc1c(C)cccc1C.Cc1cccc(C)c1NC(=O)C(=O)Nc1c(C)cccc1C. The molecule has 0 heterocycles. The van der Waals surface area contributed by atoms with Gasteiger partial charge in [-0.1, -0.05) is 96.0 Å². The van der Waals surface area contributed by atoms with E-state index in [-0.39, 0.29) is 10.3 Å². The number of benzene rings is 4. The molecule has 4 rings (SSSR count). The summed E-state index contributed by atoms with van der Waals surface area (Å²) < 4.78 is 0. The highest BCUT2D eigenvalue weighted by atomic mass is 35.5. The highest BCUT2D eigenvalue weighted by Gasteiger charge is 2.17. The Morgan fingerprint density at radius 3 is 0.932 bits per heavy atom. The third-order valence-electron chi connectivity index (χ3n) is 7.11. The fourth-order valence-electron chi connectivity index (χ4n) is 4.62. The summed E-state index contributed by atoms with van der Waals surface area (Å²) in [5, 5.41) is 5.76. The number of anilines is 2. The molecule has 2 amide bonds. The lowest BCUT2D eigenvalue weighted by Crippen LogP contribution is -2.30. The number of hydrogen-bond acceptors (Lipinski definition) is 4. The van der Waals surface area contributed by atoms with E-state index in [0.29, 0.717) is 11.4 Å². The Morgan fingerprint density at radius 2 is 0.682 bits per heavy atom. The van der Waals surface area contributed by atoms with Gasteiger partial charge in [0.05, 0.1) is 11.4 Å². The molecule has 44 heavy (non-hydrogen) atoms. The summed E-state index contributed by atoms with van der Waals surface area (Å²) in [4.78, 5) is 33.1. The van der Waals surface area contributed by atoms with Crippen molar-refractivity contribution < 1.29 is 9.59 Å². The van der Waals surface area contributed by atoms with Crippen LogP contribution in [0.3, 0.4) is 0 Å². The van der Waals surface area contributed by atoms with Gasteiger partial charge in [-0.25, -0.2) is 9.98 Å². The average Bonchev–Trinajstić information content (AvgIpc) is 2.97. The number of halogens is 2. The lowest BCUT2D eigenvalue weighted by Gasteiger charge is -2.13. The van der Waals surface area contributed by atoms with Gasteiger partial charge in [-0.15, -0.1) is 0 Å². The summed E-state index contributed by atoms with van der Waals surface area (Å²) in [5.74, 6) is -1.33. The first-order valence-corrected chi connectivity index (χ1v) is 14.9. The molecule has 0 aromatic heterocycles. The predicted molar refractivity (Wildman–Crippen MR) is 187 cm³/mol. The van der Waals surface area contributed by atoms with Gasteiger partial charge in [0.1, 0.15) is 0 Å². The minimum atomic E-state index is -0.667. The second-order valence-corrected chi connectivity index (χ2v) is 11.4. The minimum absolute atomic E-state index is 0.196. The van der Waals surface area contributed by atoms with Gasteiger partial charge in [-0.2, -0.15) is 0 Å². The largest absolute Gasteiger partial charge is 0.317 e. The van der Waals surface area contributed by atoms with Crippen LogP contribution in [-0.4, -0.2) is 22.2 Å². The number of carbonyl (C=O) groups is 2. The highest BCUT2D eigenvalue weighted by Crippen LogP contribution is 2.27. The number of aryl methyl sites for hydroxylation is 8. The van der Waals surface area contributed by atoms with Gasteiger partial charge >= 0.3 is 11.8 Å². The van der Waals surface area contributed by atoms with E-state index >= 15 is 0 Å². The zero-order chi connectivity index (χ0) is 32.6. The molecule has 6 nitrogen and oxygen atoms in total. The first kappa shape index (κ1) is 34.2. The van der Waals surface area contributed by atoms with Crippen LogP contribution < -0.4 is 10.6 Å². The Hall–Kier alpha value is -4.26. The second-order valence-electron chi connectivity index (χ2n) is 10.7. The molecule has 0 atom stereocenters. The fraction of sp³-hybridized carbons (Fsp3) is 0.222. The van der Waals surface area contributed by atoms with Gasteiger partial charge in [0, 0.05) is 11.4 Å². The van der Waals surface area contributed by atoms with Crippen LogP contribution >= 0.6 is 23.2 Å². The van der Waals surface area contributed by atoms with Crippen molar-refractivity contribution in [2.24, 2.45) is 9.98 Å². The smallest absolute Gasteiger partial charge is 0.314 e. The number of carbonyl (C=O) groups excluding carboxylic acids is 2. The molecule has 4 aromatic rings. The van der Waals surface area contributed by atoms with Gasteiger partial charge in [0.25, 0.3) is 0 Å². The lowest BCUT2D eigenvalue weighted by atomic mass is 10.1. The topological polar surface area (TPSA) is 82.9 Å². The van der Waals surface area contributed by atoms with Crippen LogP contribution in [0.1, 0.15) is 44.5 Å². The molecule has 0 unspecified atom stereocenters. The summed E-state index contributed by atoms with van der Waals surface area (Å²) in [7, 11) is 0. The van der Waals surface area contributed by atoms with E-state index in [9.17, 15) is 9.59 Å². The van der Waals surface area contributed by atoms with Crippen molar-refractivity contribution in [1.29, 1.82) is 0 Å². The van der Waals surface area contributed by atoms with Crippen LogP contribution in [-0.2, 0) is 9.59 Å². The van der Waals surface area contributed by atoms with E-state index in [1.807, 2.05) is 128 Å². The van der Waals surface area contributed by atoms with Gasteiger partial charge in [0.2, 0.25) is 0 Å². The normalized spacial score (nSPS) is 11.4. The standard InChI is InChI=1S/C18H18Cl2N2.C18H20N2O2/c1-11-7-5-8-12(2)15(11)21-17(19)18(20)22-16-13(3)9-6-10-14(16)4;1-11-7-5-8-12(2)15(11)19-17(21)18(22)20-16-13(3)9-6-10-14(16)4/h5-10H,1-4H3;5-10H,1-4H3,(H,19,21)(H,20,22). The first-order valence-electron chi connectivity index (χ1n) is 14.2. The summed E-state index contributed by atoms with van der Waals surface area (Å²) in [6.07, 6.45) is 0. The average molecular weight is 630 g/mol. The minimum Gasteiger partial charge on any atom is -0.317 e. The predicted octanol–water partition coefficient (Wildman–Crippen LogP) is 9.66. The van der Waals surface area contributed by atoms with Crippen molar-refractivity contribution in [3.63, 3.8) is 0 Å². The van der Waals surface area contributed by atoms with Crippen LogP contribution in [0.25, 0.3) is 0 Å². The van der Waals surface area contributed by atoms with Crippen molar-refractivity contribution in [3.05, 3.63) is 117 Å². The van der Waals surface area contributed by atoms with E-state index in [1.165, 1.54) is 0 Å². The molecule has 0 aliphatic rings. The Bertz CT molecular complexity index is 1550. The van der Waals surface area contributed by atoms with Crippen molar-refractivity contribution in [2.75, 3.05) is 10.6 Å². The molecule has 4 aromatic carbocycles. The van der Waals surface area contributed by atoms with Crippen molar-refractivity contribution in [1.82, 2.24) is 0 Å². The van der Waals surface area contributed by atoms with E-state index in [4.69, 9.17) is 23.2 Å². The number of para-hydroxylation sites is 4. The number of rotatable bonds is 5. The molecule has 2 N–H and O–H groups in total. The molecule has 0 fully saturated rings. The zero-order valence-electron chi connectivity index (χ0n) is 26.4. The van der Waals surface area contributed by atoms with E-state index in [1.54, 1.807) is 0 Å². The summed E-state index contributed by atoms with van der Waals surface area (Å²) in [6.45, 7) is 15.5. The summed E-state index contributed by atoms with van der Waals surface area (Å²) >= 11 is 12.5. The third kappa shape index (κ3) is 8.88. The fourth-order valence-corrected chi connectivity index (χ4v) is 4.87. The quantitative estimate of drug-likeness (QED) is 0.170. The number of aliphatic imine (C=N–C) groups is 2. The molecule has 0 spiro atoms. The molecular formula is C36H38Cl2N4O2. The number of nitrogens with one attached hydrogen (secondary N) is 2. The van der Waals surface area contributed by atoms with Gasteiger partial charge in [-0.05, 0) is 99.9 Å². The van der Waals surface area contributed by atoms with Gasteiger partial charge < -0.3 is 10.6 Å². The molecule has 0 saturated carbocycles. The molecule has 0 radical (unpaired) electrons. The molecule has 8 heteroatoms. The summed E-state index contributed by atoms with van der Waals surface area (Å²) in [5.41, 5.74) is 10.9. The van der Waals surface area contributed by atoms with Crippen molar-refractivity contribution in [2.45, 2.75) is 55.4 Å². The highest BCUT2D eigenvalue weighted by molar-refractivity contribution is 7.00. The number of amides is 2. The Morgan fingerprint density at radius 1 is 0.455 bits per heavy atom. The van der Waals surface area contributed by atoms with Gasteiger partial charge in [-0.3, -0.25) is 9.59 Å². The molecule has 0 aliphatic carbocycles. The molecular weight excluding hydrogens is 591 g/mol. The van der Waals surface area contributed by atoms with Crippen molar-refractivity contribution >= 4 is 68.1 Å². The van der Waals surface area contributed by atoms with Crippen LogP contribution in [0, 0.1) is 55.4 Å². The van der Waals surface area contributed by atoms with E-state index in [0.717, 1.165) is 55.9 Å².